The molecule has 4 rings (SSSR count). The predicted molar refractivity (Wildman–Crippen MR) is 109 cm³/mol. The van der Waals surface area contributed by atoms with Gasteiger partial charge in [0, 0.05) is 29.5 Å². The van der Waals surface area contributed by atoms with Gasteiger partial charge in [-0.15, -0.1) is 11.3 Å². The van der Waals surface area contributed by atoms with Crippen LogP contribution in [-0.4, -0.2) is 50.7 Å². The molecule has 1 saturated carbocycles. The largest absolute Gasteiger partial charge is 0.390 e. The van der Waals surface area contributed by atoms with E-state index in [0.717, 1.165) is 15.3 Å². The second-order valence-corrected chi connectivity index (χ2v) is 9.01. The fraction of sp³-hybridized carbons (Fsp3) is 0.429. The molecule has 2 aromatic rings. The van der Waals surface area contributed by atoms with E-state index in [-0.39, 0.29) is 19.4 Å². The van der Waals surface area contributed by atoms with Gasteiger partial charge in [-0.25, -0.2) is 13.6 Å². The normalized spacial score (nSPS) is 19.7. The third-order valence-electron chi connectivity index (χ3n) is 5.86. The first-order valence-corrected chi connectivity index (χ1v) is 10.7. The van der Waals surface area contributed by atoms with E-state index >= 15 is 0 Å². The molecule has 0 aromatic carbocycles. The number of halogens is 2. The lowest BCUT2D eigenvalue weighted by atomic mass is 9.80. The van der Waals surface area contributed by atoms with Gasteiger partial charge < -0.3 is 10.4 Å². The number of alkyl halides is 2. The quantitative estimate of drug-likeness (QED) is 0.539. The maximum atomic E-state index is 13.5. The number of urea groups is 1. The van der Waals surface area contributed by atoms with Crippen molar-refractivity contribution in [2.45, 2.75) is 50.7 Å². The van der Waals surface area contributed by atoms with Gasteiger partial charge in [-0.2, -0.15) is 0 Å². The molecule has 0 bridgehead atoms. The second-order valence-electron chi connectivity index (χ2n) is 7.96. The summed E-state index contributed by atoms with van der Waals surface area (Å²) in [6.07, 6.45) is 0.308. The molecule has 3 amide bonds. The number of aromatic nitrogens is 1. The molecule has 0 atom stereocenters. The van der Waals surface area contributed by atoms with Crippen LogP contribution in [0.5, 0.6) is 0 Å². The number of aliphatic hydroxyl groups is 1. The molecule has 0 radical (unpaired) electrons. The Kier molecular flexibility index (Phi) is 5.38. The van der Waals surface area contributed by atoms with Gasteiger partial charge in [-0.05, 0) is 37.5 Å². The molecule has 2 aliphatic rings. The number of aliphatic hydroxyl groups excluding tert-OH is 1. The smallest absolute Gasteiger partial charge is 0.325 e. The first kappa shape index (κ1) is 21.5. The lowest BCUT2D eigenvalue weighted by Crippen LogP contribution is -2.51. The van der Waals surface area contributed by atoms with Crippen molar-refractivity contribution in [1.82, 2.24) is 15.2 Å². The number of aryl methyl sites for hydroxylation is 1. The average Bonchev–Trinajstić information content (AvgIpc) is 3.23. The maximum Gasteiger partial charge on any atom is 0.325 e. The number of pyridine rings is 1. The topological polar surface area (TPSA) is 99.6 Å². The van der Waals surface area contributed by atoms with Crippen molar-refractivity contribution in [2.24, 2.45) is 0 Å². The van der Waals surface area contributed by atoms with Gasteiger partial charge in [-0.3, -0.25) is 19.5 Å². The van der Waals surface area contributed by atoms with E-state index < -0.39 is 48.6 Å². The van der Waals surface area contributed by atoms with Crippen molar-refractivity contribution in [1.29, 1.82) is 0 Å². The van der Waals surface area contributed by atoms with E-state index in [9.17, 15) is 28.3 Å². The number of nitrogens with zero attached hydrogens (tertiary/aromatic N) is 2. The highest BCUT2D eigenvalue weighted by Crippen LogP contribution is 2.41. The minimum absolute atomic E-state index is 0.150. The van der Waals surface area contributed by atoms with Crippen molar-refractivity contribution >= 4 is 29.1 Å². The van der Waals surface area contributed by atoms with E-state index in [1.165, 1.54) is 11.3 Å². The van der Waals surface area contributed by atoms with Gasteiger partial charge in [0.05, 0.1) is 23.7 Å². The Balaban J connectivity index is 1.53. The summed E-state index contributed by atoms with van der Waals surface area (Å²) in [5.74, 6) is -3.88. The highest BCUT2D eigenvalue weighted by molar-refractivity contribution is 7.17. The monoisotopic (exact) mass is 449 g/mol. The number of nitrogens with one attached hydrogen (secondary N) is 1. The van der Waals surface area contributed by atoms with E-state index in [1.807, 2.05) is 6.92 Å². The zero-order valence-electron chi connectivity index (χ0n) is 16.8. The number of imide groups is 1. The third kappa shape index (κ3) is 3.85. The summed E-state index contributed by atoms with van der Waals surface area (Å²) in [6.45, 7) is 1.12. The van der Waals surface area contributed by atoms with Crippen LogP contribution in [0.3, 0.4) is 0 Å². The first-order chi connectivity index (χ1) is 14.7. The van der Waals surface area contributed by atoms with Crippen LogP contribution in [0.2, 0.25) is 0 Å². The lowest BCUT2D eigenvalue weighted by Gasteiger charge is -2.34. The fourth-order valence-electron chi connectivity index (χ4n) is 4.08. The Hall–Kier alpha value is -2.72. The summed E-state index contributed by atoms with van der Waals surface area (Å²) in [5.41, 5.74) is 0.654. The third-order valence-corrected chi connectivity index (χ3v) is 7.17. The minimum atomic E-state index is -2.84. The summed E-state index contributed by atoms with van der Waals surface area (Å²) < 4.78 is 27.0. The lowest BCUT2D eigenvalue weighted by molar-refractivity contribution is -0.135. The van der Waals surface area contributed by atoms with Crippen molar-refractivity contribution < 1.29 is 28.3 Å². The molecule has 1 aliphatic carbocycles. The zero-order chi connectivity index (χ0) is 22.4. The molecule has 7 nitrogen and oxygen atoms in total. The average molecular weight is 449 g/mol. The number of carbonyl (C=O) groups is 3. The molecule has 10 heteroatoms. The van der Waals surface area contributed by atoms with E-state index in [1.54, 1.807) is 24.4 Å². The highest BCUT2D eigenvalue weighted by Gasteiger charge is 2.55. The van der Waals surface area contributed by atoms with Crippen LogP contribution in [0.25, 0.3) is 10.4 Å². The standard InChI is InChI=1S/C21H21F2N3O4S/c1-12-9-16(31-17(12)13-3-2-8-24-14(13)11-27)15(28)10-26-18(29)20(25-19(26)30)4-6-21(22,23)7-5-20/h2-3,8-9,27H,4-7,10-11H2,1H3,(H,25,30). The van der Waals surface area contributed by atoms with Crippen molar-refractivity contribution in [2.75, 3.05) is 6.54 Å². The molecular formula is C21H21F2N3O4S. The highest BCUT2D eigenvalue weighted by atomic mass is 32.1. The van der Waals surface area contributed by atoms with Crippen molar-refractivity contribution in [3.63, 3.8) is 0 Å². The predicted octanol–water partition coefficient (Wildman–Crippen LogP) is 3.29. The summed E-state index contributed by atoms with van der Waals surface area (Å²) in [5, 5.41) is 12.1. The molecule has 1 spiro atoms. The SMILES string of the molecule is Cc1cc(C(=O)CN2C(=O)NC3(CCC(F)(F)CC3)C2=O)sc1-c1cccnc1CO. The molecule has 2 N–H and O–H groups in total. The molecule has 1 aliphatic heterocycles. The van der Waals surface area contributed by atoms with Gasteiger partial charge in [0.1, 0.15) is 5.54 Å². The Morgan fingerprint density at radius 3 is 2.68 bits per heavy atom. The molecule has 3 heterocycles. The number of thiophene rings is 1. The van der Waals surface area contributed by atoms with Crippen LogP contribution < -0.4 is 5.32 Å². The second kappa shape index (κ2) is 7.76. The van der Waals surface area contributed by atoms with Crippen molar-refractivity contribution in [3.05, 3.63) is 40.5 Å². The summed E-state index contributed by atoms with van der Waals surface area (Å²) in [4.78, 5) is 44.2. The minimum Gasteiger partial charge on any atom is -0.390 e. The molecule has 164 valence electrons. The molecule has 31 heavy (non-hydrogen) atoms. The Morgan fingerprint density at radius 1 is 1.29 bits per heavy atom. The van der Waals surface area contributed by atoms with Gasteiger partial charge in [0.15, 0.2) is 5.78 Å². The number of hydrogen-bond donors (Lipinski definition) is 2. The van der Waals surface area contributed by atoms with Gasteiger partial charge in [0.2, 0.25) is 5.92 Å². The number of amides is 3. The molecule has 2 fully saturated rings. The summed E-state index contributed by atoms with van der Waals surface area (Å²) in [6, 6.07) is 4.47. The number of ketones is 1. The van der Waals surface area contributed by atoms with E-state index in [4.69, 9.17) is 0 Å². The Bertz CT molecular complexity index is 1060. The van der Waals surface area contributed by atoms with Crippen LogP contribution in [0, 0.1) is 6.92 Å². The molecule has 0 unspecified atom stereocenters. The Morgan fingerprint density at radius 2 is 2.00 bits per heavy atom. The van der Waals surface area contributed by atoms with Crippen LogP contribution in [0.4, 0.5) is 13.6 Å². The van der Waals surface area contributed by atoms with E-state index in [0.29, 0.717) is 16.1 Å². The Labute approximate surface area is 181 Å². The number of carbonyl (C=O) groups excluding carboxylic acids is 3. The molecular weight excluding hydrogens is 428 g/mol. The van der Waals surface area contributed by atoms with Gasteiger partial charge in [0.25, 0.3) is 5.91 Å². The number of Topliss-reactive ketones (excluding diaryl/α,β-unsaturated/α-hetero) is 1. The number of rotatable bonds is 5. The van der Waals surface area contributed by atoms with Gasteiger partial charge >= 0.3 is 6.03 Å². The summed E-state index contributed by atoms with van der Waals surface area (Å²) in [7, 11) is 0. The van der Waals surface area contributed by atoms with Crippen LogP contribution in [-0.2, 0) is 11.4 Å². The zero-order valence-corrected chi connectivity index (χ0v) is 17.6. The van der Waals surface area contributed by atoms with Crippen LogP contribution >= 0.6 is 11.3 Å². The molecule has 2 aromatic heterocycles. The van der Waals surface area contributed by atoms with Crippen LogP contribution in [0.15, 0.2) is 24.4 Å². The molecule has 1 saturated heterocycles. The maximum absolute atomic E-state index is 13.5. The summed E-state index contributed by atoms with van der Waals surface area (Å²) >= 11 is 1.19. The van der Waals surface area contributed by atoms with Crippen LogP contribution in [0.1, 0.15) is 46.6 Å². The first-order valence-electron chi connectivity index (χ1n) is 9.86. The van der Waals surface area contributed by atoms with Gasteiger partial charge in [-0.1, -0.05) is 6.07 Å². The van der Waals surface area contributed by atoms with Crippen molar-refractivity contribution in [3.8, 4) is 10.4 Å². The fourth-order valence-corrected chi connectivity index (χ4v) is 5.23. The number of hydrogen-bond acceptors (Lipinski definition) is 6. The van der Waals surface area contributed by atoms with E-state index in [2.05, 4.69) is 10.3 Å².